The topological polar surface area (TPSA) is 212 Å². The molecule has 0 radical (unpaired) electrons. The van der Waals surface area contributed by atoms with Crippen molar-refractivity contribution in [2.75, 3.05) is 19.0 Å². The van der Waals surface area contributed by atoms with Crippen LogP contribution in [0.2, 0.25) is 0 Å². The number of carbonyl (C=O) groups is 7. The summed E-state index contributed by atoms with van der Waals surface area (Å²) in [5.74, 6) is -5.20. The molecule has 18 heteroatoms. The third-order valence-electron chi connectivity index (χ3n) is 7.34. The van der Waals surface area contributed by atoms with Crippen molar-refractivity contribution in [1.82, 2.24) is 0 Å². The van der Waals surface area contributed by atoms with Crippen molar-refractivity contribution in [3.8, 4) is 0 Å². The number of hydrogen-bond donors (Lipinski definition) is 0. The average molecular weight is 769 g/mol. The van der Waals surface area contributed by atoms with E-state index in [2.05, 4.69) is 0 Å². The molecular formula is C35H44O17S. The van der Waals surface area contributed by atoms with Crippen LogP contribution in [0.1, 0.15) is 54.0 Å². The van der Waals surface area contributed by atoms with Gasteiger partial charge in [0, 0.05) is 54.2 Å². The molecule has 2 saturated heterocycles. The minimum atomic E-state index is -1.60. The van der Waals surface area contributed by atoms with Crippen molar-refractivity contribution in [2.24, 2.45) is 0 Å². The standard InChI is InChI=1S/C35H44O17S/c1-18(36)43-16-26-28(45-19(2)37)30(47-21(4)39)32(49-23(6)41)34(51-26)44-17-27-29(46-20(3)38)31(48-22(5)40)33(50-24(7)42)35(52-27)53-15-11-14-25-12-9-8-10-13-25/h8-14,26-35H,15-17H2,1-7H3/t26-,27-,28-,29-,30+,31+,32+,33+,34+,35-/m1/s1. The SMILES string of the molecule is CC(=O)OC[C@H]1O[C@H](OC[C@H]2O[C@H](SCC=Cc3ccccc3)[C@@H](OC(C)=O)[C@@H](OC(C)=O)[C@@H]2OC(C)=O)[C@@H](OC(C)=O)[C@@H](OC(C)=O)[C@@H]1OC(C)=O. The Kier molecular flexibility index (Phi) is 16.7. The van der Waals surface area contributed by atoms with Crippen LogP contribution in [0.3, 0.4) is 0 Å². The molecule has 0 spiro atoms. The summed E-state index contributed by atoms with van der Waals surface area (Å²) in [5.41, 5.74) is -0.0857. The lowest BCUT2D eigenvalue weighted by molar-refractivity contribution is -0.317. The molecule has 1 aromatic rings. The van der Waals surface area contributed by atoms with E-state index in [-0.39, 0.29) is 0 Å². The average Bonchev–Trinajstić information content (AvgIpc) is 3.05. The largest absolute Gasteiger partial charge is 0.463 e. The van der Waals surface area contributed by atoms with E-state index in [0.29, 0.717) is 5.75 Å². The first-order valence-electron chi connectivity index (χ1n) is 16.5. The van der Waals surface area contributed by atoms with Crippen molar-refractivity contribution in [3.05, 3.63) is 42.0 Å². The molecule has 0 saturated carbocycles. The fourth-order valence-electron chi connectivity index (χ4n) is 5.53. The Morgan fingerprint density at radius 1 is 0.566 bits per heavy atom. The summed E-state index contributed by atoms with van der Waals surface area (Å²) in [6.45, 7) is 6.73. The summed E-state index contributed by atoms with van der Waals surface area (Å²) < 4.78 is 56.6. The summed E-state index contributed by atoms with van der Waals surface area (Å²) in [6, 6.07) is 9.44. The van der Waals surface area contributed by atoms with Crippen LogP contribution in [0.4, 0.5) is 0 Å². The smallest absolute Gasteiger partial charge is 0.303 e. The van der Waals surface area contributed by atoms with E-state index in [0.717, 1.165) is 54.0 Å². The van der Waals surface area contributed by atoms with E-state index in [1.54, 1.807) is 0 Å². The number of carbonyl (C=O) groups excluding carboxylic acids is 7. The number of thioether (sulfide) groups is 1. The number of hydrogen-bond acceptors (Lipinski definition) is 18. The first kappa shape index (κ1) is 42.9. The lowest BCUT2D eigenvalue weighted by Gasteiger charge is -2.46. The zero-order valence-corrected chi connectivity index (χ0v) is 31.1. The lowest BCUT2D eigenvalue weighted by atomic mass is 9.97. The maximum absolute atomic E-state index is 12.4. The number of ether oxygens (including phenoxy) is 10. The van der Waals surface area contributed by atoms with E-state index in [9.17, 15) is 33.6 Å². The summed E-state index contributed by atoms with van der Waals surface area (Å²) in [4.78, 5) is 85.3. The maximum Gasteiger partial charge on any atom is 0.303 e. The Morgan fingerprint density at radius 2 is 1.02 bits per heavy atom. The van der Waals surface area contributed by atoms with Gasteiger partial charge in [0.1, 0.15) is 24.3 Å². The van der Waals surface area contributed by atoms with Gasteiger partial charge in [-0.3, -0.25) is 33.6 Å². The minimum Gasteiger partial charge on any atom is -0.463 e. The van der Waals surface area contributed by atoms with Crippen LogP contribution < -0.4 is 0 Å². The zero-order valence-electron chi connectivity index (χ0n) is 30.3. The van der Waals surface area contributed by atoms with Crippen molar-refractivity contribution >= 4 is 59.6 Å². The Balaban J connectivity index is 2.00. The van der Waals surface area contributed by atoms with Gasteiger partial charge >= 0.3 is 41.8 Å². The molecule has 0 unspecified atom stereocenters. The quantitative estimate of drug-likeness (QED) is 0.185. The molecule has 2 aliphatic heterocycles. The van der Waals surface area contributed by atoms with Crippen molar-refractivity contribution < 1.29 is 80.9 Å². The van der Waals surface area contributed by atoms with Crippen molar-refractivity contribution in [3.63, 3.8) is 0 Å². The highest BCUT2D eigenvalue weighted by molar-refractivity contribution is 7.99. The number of esters is 7. The van der Waals surface area contributed by atoms with E-state index in [1.165, 1.54) is 11.8 Å². The normalized spacial score (nSPS) is 28.2. The highest BCUT2D eigenvalue weighted by Crippen LogP contribution is 2.36. The molecule has 2 aliphatic rings. The molecule has 10 atom stereocenters. The third-order valence-corrected chi connectivity index (χ3v) is 8.43. The molecule has 53 heavy (non-hydrogen) atoms. The van der Waals surface area contributed by atoms with Crippen molar-refractivity contribution in [2.45, 2.75) is 109 Å². The number of rotatable bonds is 15. The lowest BCUT2D eigenvalue weighted by Crippen LogP contribution is -2.64. The van der Waals surface area contributed by atoms with Gasteiger partial charge in [0.25, 0.3) is 0 Å². The van der Waals surface area contributed by atoms with Gasteiger partial charge in [0.05, 0.1) is 6.61 Å². The Morgan fingerprint density at radius 3 is 1.53 bits per heavy atom. The van der Waals surface area contributed by atoms with Gasteiger partial charge < -0.3 is 47.4 Å². The van der Waals surface area contributed by atoms with Gasteiger partial charge in [0.15, 0.2) is 42.9 Å². The fraction of sp³-hybridized carbons (Fsp3) is 0.571. The zero-order chi connectivity index (χ0) is 39.2. The van der Waals surface area contributed by atoms with E-state index in [1.807, 2.05) is 42.5 Å². The Labute approximate surface area is 310 Å². The van der Waals surface area contributed by atoms with Crippen LogP contribution in [0.5, 0.6) is 0 Å². The molecule has 1 aromatic carbocycles. The molecule has 0 bridgehead atoms. The van der Waals surface area contributed by atoms with E-state index < -0.39 is 116 Å². The molecule has 0 N–H and O–H groups in total. The minimum absolute atomic E-state index is 0.329. The molecule has 292 valence electrons. The van der Waals surface area contributed by atoms with Gasteiger partial charge in [-0.25, -0.2) is 0 Å². The van der Waals surface area contributed by atoms with E-state index >= 15 is 0 Å². The second-order valence-electron chi connectivity index (χ2n) is 11.8. The predicted molar refractivity (Wildman–Crippen MR) is 181 cm³/mol. The maximum atomic E-state index is 12.4. The Hall–Kier alpha value is -4.52. The van der Waals surface area contributed by atoms with E-state index in [4.69, 9.17) is 47.4 Å². The van der Waals surface area contributed by atoms with Gasteiger partial charge in [-0.2, -0.15) is 0 Å². The molecule has 2 fully saturated rings. The summed E-state index contributed by atoms with van der Waals surface area (Å²) in [7, 11) is 0. The first-order chi connectivity index (χ1) is 25.0. The van der Waals surface area contributed by atoms with Crippen LogP contribution in [0, 0.1) is 0 Å². The highest BCUT2D eigenvalue weighted by atomic mass is 32.2. The van der Waals surface area contributed by atoms with Gasteiger partial charge in [-0.15, -0.1) is 11.8 Å². The van der Waals surface area contributed by atoms with Crippen LogP contribution in [0.25, 0.3) is 6.08 Å². The van der Waals surface area contributed by atoms with Gasteiger partial charge in [-0.1, -0.05) is 42.5 Å². The second kappa shape index (κ2) is 20.6. The molecule has 2 heterocycles. The Bertz CT molecular complexity index is 1480. The van der Waals surface area contributed by atoms with Crippen LogP contribution in [-0.4, -0.2) is 121 Å². The predicted octanol–water partition coefficient (Wildman–Crippen LogP) is 2.05. The third kappa shape index (κ3) is 13.8. The summed E-state index contributed by atoms with van der Waals surface area (Å²) in [5, 5.41) is 0. The summed E-state index contributed by atoms with van der Waals surface area (Å²) in [6.07, 6.45) is -9.00. The van der Waals surface area contributed by atoms with Crippen LogP contribution in [-0.2, 0) is 80.9 Å². The first-order valence-corrected chi connectivity index (χ1v) is 17.5. The summed E-state index contributed by atoms with van der Waals surface area (Å²) >= 11 is 1.19. The van der Waals surface area contributed by atoms with Gasteiger partial charge in [-0.05, 0) is 5.56 Å². The molecule has 0 aromatic heterocycles. The van der Waals surface area contributed by atoms with Crippen LogP contribution in [0.15, 0.2) is 36.4 Å². The van der Waals surface area contributed by atoms with Crippen LogP contribution >= 0.6 is 11.8 Å². The molecule has 0 aliphatic carbocycles. The molecule has 3 rings (SSSR count). The molecule has 0 amide bonds. The fourth-order valence-corrected chi connectivity index (χ4v) is 6.55. The highest BCUT2D eigenvalue weighted by Gasteiger charge is 2.55. The monoisotopic (exact) mass is 768 g/mol. The second-order valence-corrected chi connectivity index (χ2v) is 12.9. The van der Waals surface area contributed by atoms with Crippen molar-refractivity contribution in [1.29, 1.82) is 0 Å². The number of benzene rings is 1. The molecular weight excluding hydrogens is 724 g/mol. The van der Waals surface area contributed by atoms with Gasteiger partial charge in [0.2, 0.25) is 0 Å². The molecule has 17 nitrogen and oxygen atoms in total.